The lowest BCUT2D eigenvalue weighted by atomic mass is 10.2. The first-order valence-electron chi connectivity index (χ1n) is 8.16. The maximum absolute atomic E-state index is 12.2. The number of hydrazine groups is 1. The second-order valence-electron chi connectivity index (χ2n) is 5.85. The summed E-state index contributed by atoms with van der Waals surface area (Å²) in [5, 5.41) is 6.55. The number of methoxy groups -OCH3 is 1. The normalized spacial score (nSPS) is 10.5. The number of carbonyl (C=O) groups is 2. The van der Waals surface area contributed by atoms with Gasteiger partial charge in [0.2, 0.25) is 0 Å². The number of thiazole rings is 1. The van der Waals surface area contributed by atoms with Crippen LogP contribution >= 0.6 is 11.3 Å². The van der Waals surface area contributed by atoms with Crippen LogP contribution in [0.4, 0.5) is 0 Å². The van der Waals surface area contributed by atoms with Gasteiger partial charge in [0.15, 0.2) is 0 Å². The van der Waals surface area contributed by atoms with Gasteiger partial charge in [0.1, 0.15) is 23.0 Å². The lowest BCUT2D eigenvalue weighted by Crippen LogP contribution is -2.43. The van der Waals surface area contributed by atoms with Crippen molar-refractivity contribution in [3.8, 4) is 16.3 Å². The number of amides is 2. The van der Waals surface area contributed by atoms with Gasteiger partial charge in [-0.25, -0.2) is 4.98 Å². The molecule has 27 heavy (non-hydrogen) atoms. The van der Waals surface area contributed by atoms with E-state index in [1.807, 2.05) is 44.2 Å². The van der Waals surface area contributed by atoms with E-state index in [4.69, 9.17) is 4.74 Å². The maximum atomic E-state index is 12.2. The second-order valence-corrected chi connectivity index (χ2v) is 6.71. The summed E-state index contributed by atoms with van der Waals surface area (Å²) < 4.78 is 6.70. The number of benzene rings is 1. The fraction of sp³-hybridized carbons (Fsp3) is 0.222. The van der Waals surface area contributed by atoms with Crippen molar-refractivity contribution in [1.82, 2.24) is 25.6 Å². The average Bonchev–Trinajstić information content (AvgIpc) is 3.27. The lowest BCUT2D eigenvalue weighted by Gasteiger charge is -2.07. The van der Waals surface area contributed by atoms with Crippen LogP contribution < -0.4 is 15.6 Å². The summed E-state index contributed by atoms with van der Waals surface area (Å²) in [4.78, 5) is 28.5. The summed E-state index contributed by atoms with van der Waals surface area (Å²) in [7, 11) is 1.60. The van der Waals surface area contributed by atoms with Crippen LogP contribution in [0.25, 0.3) is 10.6 Å². The Kier molecular flexibility index (Phi) is 5.51. The molecule has 0 fully saturated rings. The number of nitrogens with zero attached hydrogens (tertiary/aromatic N) is 3. The molecule has 0 aliphatic heterocycles. The number of hydrogen-bond acceptors (Lipinski definition) is 6. The van der Waals surface area contributed by atoms with Gasteiger partial charge in [-0.15, -0.1) is 11.3 Å². The third-order valence-electron chi connectivity index (χ3n) is 3.79. The number of aromatic nitrogens is 3. The first kappa shape index (κ1) is 18.6. The van der Waals surface area contributed by atoms with Crippen LogP contribution in [-0.2, 0) is 11.3 Å². The van der Waals surface area contributed by atoms with Gasteiger partial charge in [-0.2, -0.15) is 5.10 Å². The predicted octanol–water partition coefficient (Wildman–Crippen LogP) is 2.09. The molecule has 0 aliphatic carbocycles. The van der Waals surface area contributed by atoms with Gasteiger partial charge < -0.3 is 4.74 Å². The van der Waals surface area contributed by atoms with Crippen molar-refractivity contribution in [2.75, 3.05) is 7.11 Å². The molecule has 0 aliphatic rings. The van der Waals surface area contributed by atoms with Gasteiger partial charge in [0.25, 0.3) is 11.8 Å². The number of aryl methyl sites for hydroxylation is 2. The van der Waals surface area contributed by atoms with Gasteiger partial charge in [-0.3, -0.25) is 25.1 Å². The van der Waals surface area contributed by atoms with Crippen molar-refractivity contribution in [1.29, 1.82) is 0 Å². The highest BCUT2D eigenvalue weighted by Crippen LogP contribution is 2.25. The maximum Gasteiger partial charge on any atom is 0.289 e. The Balaban J connectivity index is 1.57. The van der Waals surface area contributed by atoms with Gasteiger partial charge in [0.05, 0.1) is 12.8 Å². The fourth-order valence-corrected chi connectivity index (χ4v) is 3.25. The Morgan fingerprint density at radius 2 is 1.93 bits per heavy atom. The lowest BCUT2D eigenvalue weighted by molar-refractivity contribution is -0.122. The fourth-order valence-electron chi connectivity index (χ4n) is 2.45. The third-order valence-corrected chi connectivity index (χ3v) is 4.68. The number of hydrogen-bond donors (Lipinski definition) is 2. The molecule has 2 aromatic heterocycles. The molecule has 0 radical (unpaired) electrons. The van der Waals surface area contributed by atoms with Crippen LogP contribution in [0.5, 0.6) is 5.75 Å². The molecule has 0 unspecified atom stereocenters. The Bertz CT molecular complexity index is 962. The van der Waals surface area contributed by atoms with E-state index in [0.717, 1.165) is 22.7 Å². The zero-order chi connectivity index (χ0) is 19.4. The SMILES string of the molecule is COc1ccc(-c2nc(C(=O)NNC(=O)Cn3nc(C)cc3C)cs2)cc1. The first-order chi connectivity index (χ1) is 13.0. The highest BCUT2D eigenvalue weighted by atomic mass is 32.1. The van der Waals surface area contributed by atoms with Gasteiger partial charge in [-0.1, -0.05) is 0 Å². The van der Waals surface area contributed by atoms with Crippen molar-refractivity contribution >= 4 is 23.2 Å². The standard InChI is InChI=1S/C18H19N5O3S/c1-11-8-12(2)23(22-11)9-16(24)20-21-17(25)15-10-27-18(19-15)13-4-6-14(26-3)7-5-13/h4-8,10H,9H2,1-3H3,(H,20,24)(H,21,25). The number of rotatable bonds is 5. The van der Waals surface area contributed by atoms with Gasteiger partial charge in [0, 0.05) is 16.6 Å². The molecule has 0 atom stereocenters. The summed E-state index contributed by atoms with van der Waals surface area (Å²) in [5.74, 6) is -0.105. The summed E-state index contributed by atoms with van der Waals surface area (Å²) in [6.45, 7) is 3.74. The molecule has 1 aromatic carbocycles. The number of carbonyl (C=O) groups excluding carboxylic acids is 2. The summed E-state index contributed by atoms with van der Waals surface area (Å²) in [6, 6.07) is 9.28. The summed E-state index contributed by atoms with van der Waals surface area (Å²) in [6.07, 6.45) is 0. The zero-order valence-corrected chi connectivity index (χ0v) is 16.0. The zero-order valence-electron chi connectivity index (χ0n) is 15.1. The quantitative estimate of drug-likeness (QED) is 0.656. The molecule has 9 heteroatoms. The van der Waals surface area contributed by atoms with Crippen molar-refractivity contribution in [2.24, 2.45) is 0 Å². The van der Waals surface area contributed by atoms with E-state index in [2.05, 4.69) is 20.9 Å². The van der Waals surface area contributed by atoms with Crippen LogP contribution in [0.3, 0.4) is 0 Å². The molecule has 0 bridgehead atoms. The predicted molar refractivity (Wildman–Crippen MR) is 101 cm³/mol. The van der Waals surface area contributed by atoms with E-state index >= 15 is 0 Å². The minimum absolute atomic E-state index is 0.0219. The third kappa shape index (κ3) is 4.50. The minimum atomic E-state index is -0.479. The topological polar surface area (TPSA) is 98.1 Å². The molecular weight excluding hydrogens is 366 g/mol. The molecular formula is C18H19N5O3S. The highest BCUT2D eigenvalue weighted by Gasteiger charge is 2.13. The van der Waals surface area contributed by atoms with Crippen molar-refractivity contribution < 1.29 is 14.3 Å². The summed E-state index contributed by atoms with van der Waals surface area (Å²) in [5.41, 5.74) is 7.57. The molecule has 0 saturated carbocycles. The van der Waals surface area contributed by atoms with E-state index in [1.54, 1.807) is 17.2 Å². The molecule has 8 nitrogen and oxygen atoms in total. The Labute approximate surface area is 160 Å². The Morgan fingerprint density at radius 3 is 2.56 bits per heavy atom. The van der Waals surface area contributed by atoms with Crippen LogP contribution in [0, 0.1) is 13.8 Å². The van der Waals surface area contributed by atoms with Gasteiger partial charge in [-0.05, 0) is 44.2 Å². The monoisotopic (exact) mass is 385 g/mol. The molecule has 0 spiro atoms. The smallest absolute Gasteiger partial charge is 0.289 e. The van der Waals surface area contributed by atoms with Crippen LogP contribution in [0.1, 0.15) is 21.9 Å². The molecule has 3 aromatic rings. The van der Waals surface area contributed by atoms with Crippen LogP contribution in [0.2, 0.25) is 0 Å². The Hall–Kier alpha value is -3.20. The first-order valence-corrected chi connectivity index (χ1v) is 9.04. The van der Waals surface area contributed by atoms with Crippen molar-refractivity contribution in [2.45, 2.75) is 20.4 Å². The largest absolute Gasteiger partial charge is 0.497 e. The average molecular weight is 385 g/mol. The molecule has 140 valence electrons. The second kappa shape index (κ2) is 8.00. The van der Waals surface area contributed by atoms with Crippen LogP contribution in [-0.4, -0.2) is 33.7 Å². The van der Waals surface area contributed by atoms with E-state index < -0.39 is 5.91 Å². The van der Waals surface area contributed by atoms with E-state index in [9.17, 15) is 9.59 Å². The molecule has 2 N–H and O–H groups in total. The van der Waals surface area contributed by atoms with E-state index in [0.29, 0.717) is 5.01 Å². The van der Waals surface area contributed by atoms with Gasteiger partial charge >= 0.3 is 0 Å². The summed E-state index contributed by atoms with van der Waals surface area (Å²) >= 11 is 1.35. The Morgan fingerprint density at radius 1 is 1.19 bits per heavy atom. The minimum Gasteiger partial charge on any atom is -0.497 e. The molecule has 0 saturated heterocycles. The van der Waals surface area contributed by atoms with E-state index in [1.165, 1.54) is 11.3 Å². The molecule has 3 rings (SSSR count). The molecule has 2 heterocycles. The highest BCUT2D eigenvalue weighted by molar-refractivity contribution is 7.13. The van der Waals surface area contributed by atoms with E-state index in [-0.39, 0.29) is 18.1 Å². The van der Waals surface area contributed by atoms with Crippen LogP contribution in [0.15, 0.2) is 35.7 Å². The molecule has 2 amide bonds. The number of ether oxygens (including phenoxy) is 1. The van der Waals surface area contributed by atoms with Crippen molar-refractivity contribution in [3.05, 3.63) is 52.8 Å². The number of nitrogens with one attached hydrogen (secondary N) is 2. The van der Waals surface area contributed by atoms with Crippen molar-refractivity contribution in [3.63, 3.8) is 0 Å².